The summed E-state index contributed by atoms with van der Waals surface area (Å²) in [5.41, 5.74) is 25.6. The van der Waals surface area contributed by atoms with Gasteiger partial charge in [-0.2, -0.15) is 0 Å². The maximum atomic E-state index is 4.15. The number of aromatic nitrogens is 1. The van der Waals surface area contributed by atoms with E-state index < -0.39 is 0 Å². The first-order valence-electron chi connectivity index (χ1n) is 28.5. The Morgan fingerprint density at radius 1 is 0.410 bits per heavy atom. The first-order valence-corrected chi connectivity index (χ1v) is 28.5. The van der Waals surface area contributed by atoms with Crippen molar-refractivity contribution in [2.24, 2.45) is 0 Å². The first-order chi connectivity index (χ1) is 37.6. The van der Waals surface area contributed by atoms with Crippen LogP contribution in [0.2, 0.25) is 0 Å². The van der Waals surface area contributed by atoms with Gasteiger partial charge < -0.3 is 14.8 Å². The summed E-state index contributed by atoms with van der Waals surface area (Å²) in [4.78, 5) is 2.42. The fourth-order valence-corrected chi connectivity index (χ4v) is 14.0. The molecule has 2 heterocycles. The Hall–Kier alpha value is -8.08. The molecule has 0 amide bonds. The zero-order valence-corrected chi connectivity index (χ0v) is 46.6. The fraction of sp³-hybridized carbons (Fsp3) is 0.216. The van der Waals surface area contributed by atoms with E-state index in [9.17, 15) is 0 Å². The molecule has 1 aromatic heterocycles. The Kier molecular flexibility index (Phi) is 11.0. The zero-order valence-electron chi connectivity index (χ0n) is 46.6. The number of rotatable bonds is 8. The minimum atomic E-state index is 0.0455. The molecule has 4 heteroatoms. The molecule has 0 saturated carbocycles. The van der Waals surface area contributed by atoms with Gasteiger partial charge in [0.25, 0.3) is 0 Å². The van der Waals surface area contributed by atoms with Crippen molar-refractivity contribution < 1.29 is 0 Å². The second-order valence-corrected chi connectivity index (χ2v) is 25.5. The molecule has 3 aliphatic rings. The molecule has 0 saturated heterocycles. The topological polar surface area (TPSA) is 20.2 Å². The van der Waals surface area contributed by atoms with Gasteiger partial charge in [0.05, 0.1) is 5.52 Å². The van der Waals surface area contributed by atoms with Crippen LogP contribution in [0.4, 0.5) is 28.4 Å². The number of hydrogen-bond donors (Lipinski definition) is 1. The number of fused-ring (bicyclic) bond motifs is 9. The minimum Gasteiger partial charge on any atom is -0.355 e. The van der Waals surface area contributed by atoms with Gasteiger partial charge in [0.1, 0.15) is 0 Å². The van der Waals surface area contributed by atoms with E-state index in [-0.39, 0.29) is 21.7 Å². The fourth-order valence-electron chi connectivity index (χ4n) is 14.0. The summed E-state index contributed by atoms with van der Waals surface area (Å²) in [5, 5.41) is 9.28. The van der Waals surface area contributed by atoms with E-state index in [1.807, 2.05) is 0 Å². The van der Waals surface area contributed by atoms with Gasteiger partial charge in [-0.05, 0) is 175 Å². The van der Waals surface area contributed by atoms with Gasteiger partial charge in [-0.3, -0.25) is 0 Å². The van der Waals surface area contributed by atoms with Crippen molar-refractivity contribution in [3.05, 3.63) is 229 Å². The van der Waals surface area contributed by atoms with Gasteiger partial charge >= 0.3 is 0 Å². The van der Waals surface area contributed by atoms with Gasteiger partial charge in [0.15, 0.2) is 7.28 Å². The van der Waals surface area contributed by atoms with Gasteiger partial charge in [-0.25, -0.2) is 0 Å². The van der Waals surface area contributed by atoms with Crippen molar-refractivity contribution in [1.82, 2.24) is 4.57 Å². The number of benzene rings is 10. The first kappa shape index (κ1) is 48.3. The third kappa shape index (κ3) is 7.77. The van der Waals surface area contributed by atoms with Gasteiger partial charge in [0, 0.05) is 61.4 Å². The highest BCUT2D eigenvalue weighted by molar-refractivity contribution is 6.73. The van der Waals surface area contributed by atoms with Crippen LogP contribution in [0.3, 0.4) is 0 Å². The number of anilines is 5. The second-order valence-electron chi connectivity index (χ2n) is 25.5. The quantitative estimate of drug-likeness (QED) is 0.153. The summed E-state index contributed by atoms with van der Waals surface area (Å²) in [7, 11) is 0.805. The summed E-state index contributed by atoms with van der Waals surface area (Å²) in [5.74, 6) is 0. The average Bonchev–Trinajstić information content (AvgIpc) is 3.96. The lowest BCUT2D eigenvalue weighted by Gasteiger charge is -2.43. The standard InChI is InChI=1S/C74H68BN3/c1-71(2)38-39-72(3,4)61-42-51(33-36-60(61)71)76-65-37-34-54(77(52-23-14-10-15-24-52)53-25-16-11-17-26-53)43-58(65)59-44-57(50-30-28-48(29-31-50)47-20-12-9-13-21-47)67-56-35-32-49-22-18-19-27-55(49)69(56)78-66-46-63-62(45-64(66)75-68(59)70(67)78)73(5,6)40-41-74(63,7)8/h9-37,42-46,75-76H,38-41H2,1-8H3. The molecule has 1 aliphatic heterocycles. The van der Waals surface area contributed by atoms with Crippen molar-refractivity contribution in [3.63, 3.8) is 0 Å². The predicted molar refractivity (Wildman–Crippen MR) is 336 cm³/mol. The zero-order chi connectivity index (χ0) is 53.3. The molecule has 0 fully saturated rings. The van der Waals surface area contributed by atoms with Crippen molar-refractivity contribution in [2.45, 2.75) is 103 Å². The largest absolute Gasteiger partial charge is 0.355 e. The molecule has 1 N–H and O–H groups in total. The lowest BCUT2D eigenvalue weighted by molar-refractivity contribution is 0.332. The number of hydrogen-bond acceptors (Lipinski definition) is 2. The third-order valence-electron chi connectivity index (χ3n) is 18.7. The molecule has 11 aromatic rings. The molecule has 0 spiro atoms. The highest BCUT2D eigenvalue weighted by Gasteiger charge is 2.40. The maximum Gasteiger partial charge on any atom is 0.198 e. The van der Waals surface area contributed by atoms with Crippen LogP contribution in [0, 0.1) is 0 Å². The molecule has 382 valence electrons. The van der Waals surface area contributed by atoms with E-state index in [4.69, 9.17) is 0 Å². The molecule has 0 radical (unpaired) electrons. The van der Waals surface area contributed by atoms with Crippen LogP contribution in [0.5, 0.6) is 0 Å². The lowest BCUT2D eigenvalue weighted by Crippen LogP contribution is -2.41. The Morgan fingerprint density at radius 2 is 0.974 bits per heavy atom. The summed E-state index contributed by atoms with van der Waals surface area (Å²) < 4.78 is 2.72. The molecule has 0 atom stereocenters. The molecular weight excluding hydrogens is 942 g/mol. The number of nitrogens with one attached hydrogen (secondary N) is 1. The van der Waals surface area contributed by atoms with E-state index in [0.717, 1.165) is 48.6 Å². The molecule has 14 rings (SSSR count). The molecule has 10 aromatic carbocycles. The Labute approximate surface area is 461 Å². The van der Waals surface area contributed by atoms with Gasteiger partial charge in [-0.1, -0.05) is 200 Å². The smallest absolute Gasteiger partial charge is 0.198 e. The van der Waals surface area contributed by atoms with Crippen LogP contribution < -0.4 is 21.1 Å². The third-order valence-corrected chi connectivity index (χ3v) is 18.7. The summed E-state index contributed by atoms with van der Waals surface area (Å²) >= 11 is 0. The average molecular weight is 1010 g/mol. The van der Waals surface area contributed by atoms with Crippen molar-refractivity contribution in [2.75, 3.05) is 10.2 Å². The Balaban J connectivity index is 1.10. The SMILES string of the molecule is CC1(C)CCC(C)(C)c2cc(Nc3ccc(N(c4ccccc4)c4ccccc4)cc3-c3cc(-c4ccc(-c5ccccc5)cc4)c4c5ccc6ccccc6c5n5c4c3Bc3cc4c(cc3-5)C(C)(C)CCC4(C)C)ccc21. The summed E-state index contributed by atoms with van der Waals surface area (Å²) in [6.07, 6.45) is 4.67. The van der Waals surface area contributed by atoms with Crippen molar-refractivity contribution in [3.8, 4) is 39.1 Å². The highest BCUT2D eigenvalue weighted by atomic mass is 15.1. The molecular formula is C74H68BN3. The molecule has 3 nitrogen and oxygen atoms in total. The van der Waals surface area contributed by atoms with Crippen LogP contribution in [0.25, 0.3) is 71.6 Å². The van der Waals surface area contributed by atoms with Crippen LogP contribution in [-0.4, -0.2) is 11.8 Å². The van der Waals surface area contributed by atoms with E-state index in [0.29, 0.717) is 0 Å². The lowest BCUT2D eigenvalue weighted by atomic mass is 9.55. The highest BCUT2D eigenvalue weighted by Crippen LogP contribution is 2.51. The Morgan fingerprint density at radius 3 is 1.64 bits per heavy atom. The molecule has 2 aliphatic carbocycles. The van der Waals surface area contributed by atoms with Crippen molar-refractivity contribution >= 4 is 79.2 Å². The predicted octanol–water partition coefficient (Wildman–Crippen LogP) is 18.5. The Bertz CT molecular complexity index is 4140. The van der Waals surface area contributed by atoms with E-state index in [1.54, 1.807) is 0 Å². The van der Waals surface area contributed by atoms with E-state index in [2.05, 4.69) is 276 Å². The minimum absolute atomic E-state index is 0.0455. The van der Waals surface area contributed by atoms with Crippen LogP contribution in [0.1, 0.15) is 103 Å². The van der Waals surface area contributed by atoms with Gasteiger partial charge in [0.2, 0.25) is 0 Å². The molecule has 78 heavy (non-hydrogen) atoms. The van der Waals surface area contributed by atoms with Crippen molar-refractivity contribution in [1.29, 1.82) is 0 Å². The van der Waals surface area contributed by atoms with Crippen LogP contribution in [0.15, 0.2) is 206 Å². The summed E-state index contributed by atoms with van der Waals surface area (Å²) in [6.45, 7) is 19.6. The van der Waals surface area contributed by atoms with E-state index in [1.165, 1.54) is 118 Å². The monoisotopic (exact) mass is 1010 g/mol. The second kappa shape index (κ2) is 17.7. The van der Waals surface area contributed by atoms with E-state index >= 15 is 0 Å². The normalized spacial score (nSPS) is 16.3. The maximum absolute atomic E-state index is 4.15. The van der Waals surface area contributed by atoms with Crippen LogP contribution in [-0.2, 0) is 21.7 Å². The molecule has 0 bridgehead atoms. The molecule has 0 unspecified atom stereocenters. The number of nitrogens with zero attached hydrogens (tertiary/aromatic N) is 2. The number of para-hydroxylation sites is 2. The van der Waals surface area contributed by atoms with Gasteiger partial charge in [-0.15, -0.1) is 0 Å². The summed E-state index contributed by atoms with van der Waals surface area (Å²) in [6, 6.07) is 77.9. The van der Waals surface area contributed by atoms with Crippen LogP contribution >= 0.6 is 0 Å².